The third kappa shape index (κ3) is 9.30. The summed E-state index contributed by atoms with van der Waals surface area (Å²) < 4.78 is 5.44. The van der Waals surface area contributed by atoms with Crippen molar-refractivity contribution in [3.63, 3.8) is 0 Å². The molecule has 2 amide bonds. The van der Waals surface area contributed by atoms with Crippen molar-refractivity contribution in [2.75, 3.05) is 26.3 Å². The number of carbonyl (C=O) groups excluding carboxylic acids is 1. The minimum Gasteiger partial charge on any atom is -0.481 e. The predicted molar refractivity (Wildman–Crippen MR) is 71.0 cm³/mol. The van der Waals surface area contributed by atoms with E-state index in [2.05, 4.69) is 10.6 Å². The van der Waals surface area contributed by atoms with Gasteiger partial charge in [-0.2, -0.15) is 0 Å². The molecule has 0 saturated heterocycles. The molecule has 1 aliphatic rings. The summed E-state index contributed by atoms with van der Waals surface area (Å²) in [4.78, 5) is 21.8. The first-order valence-electron chi connectivity index (χ1n) is 6.89. The van der Waals surface area contributed by atoms with Gasteiger partial charge in [0.2, 0.25) is 0 Å². The Labute approximate surface area is 113 Å². The van der Waals surface area contributed by atoms with Crippen LogP contribution < -0.4 is 10.6 Å². The number of carboxylic acid groups (broad SMARTS) is 1. The van der Waals surface area contributed by atoms with Crippen LogP contribution in [0.1, 0.15) is 32.6 Å². The zero-order chi connectivity index (χ0) is 14.1. The van der Waals surface area contributed by atoms with E-state index < -0.39 is 5.97 Å². The summed E-state index contributed by atoms with van der Waals surface area (Å²) in [5.74, 6) is -0.139. The van der Waals surface area contributed by atoms with E-state index in [9.17, 15) is 9.59 Å². The Hall–Kier alpha value is -1.30. The normalized spacial score (nSPS) is 15.8. The minimum atomic E-state index is -0.845. The molecule has 0 aromatic rings. The first-order valence-corrected chi connectivity index (χ1v) is 6.89. The monoisotopic (exact) mass is 272 g/mol. The van der Waals surface area contributed by atoms with Gasteiger partial charge in [0.05, 0.1) is 0 Å². The third-order valence-corrected chi connectivity index (χ3v) is 2.94. The van der Waals surface area contributed by atoms with E-state index >= 15 is 0 Å². The SMILES string of the molecule is CC(CNC(=O)NCCCOCC1CC1)CC(=O)O. The highest BCUT2D eigenvalue weighted by Crippen LogP contribution is 2.28. The van der Waals surface area contributed by atoms with Gasteiger partial charge in [-0.1, -0.05) is 6.92 Å². The topological polar surface area (TPSA) is 87.7 Å². The highest BCUT2D eigenvalue weighted by molar-refractivity contribution is 5.73. The Kier molecular flexibility index (Phi) is 7.25. The summed E-state index contributed by atoms with van der Waals surface area (Å²) in [7, 11) is 0. The molecule has 0 radical (unpaired) electrons. The van der Waals surface area contributed by atoms with E-state index in [0.29, 0.717) is 19.7 Å². The van der Waals surface area contributed by atoms with Crippen LogP contribution in [0.3, 0.4) is 0 Å². The predicted octanol–water partition coefficient (Wildman–Crippen LogP) is 1.21. The van der Waals surface area contributed by atoms with Gasteiger partial charge in [-0.3, -0.25) is 4.79 Å². The van der Waals surface area contributed by atoms with E-state index in [1.807, 2.05) is 0 Å². The average molecular weight is 272 g/mol. The number of carbonyl (C=O) groups is 2. The van der Waals surface area contributed by atoms with Gasteiger partial charge in [0.15, 0.2) is 0 Å². The van der Waals surface area contributed by atoms with Crippen LogP contribution in [0.2, 0.25) is 0 Å². The Morgan fingerprint density at radius 3 is 2.74 bits per heavy atom. The maximum atomic E-state index is 11.4. The Bertz CT molecular complexity index is 292. The van der Waals surface area contributed by atoms with Gasteiger partial charge in [0.1, 0.15) is 0 Å². The van der Waals surface area contributed by atoms with Gasteiger partial charge < -0.3 is 20.5 Å². The van der Waals surface area contributed by atoms with Crippen molar-refractivity contribution < 1.29 is 19.4 Å². The van der Waals surface area contributed by atoms with Crippen LogP contribution in [-0.4, -0.2) is 43.4 Å². The average Bonchev–Trinajstić information content (AvgIpc) is 3.14. The van der Waals surface area contributed by atoms with E-state index in [-0.39, 0.29) is 18.4 Å². The van der Waals surface area contributed by atoms with Crippen molar-refractivity contribution in [1.29, 1.82) is 0 Å². The number of carboxylic acids is 1. The molecule has 1 rings (SSSR count). The molecular weight excluding hydrogens is 248 g/mol. The molecule has 1 saturated carbocycles. The highest BCUT2D eigenvalue weighted by atomic mass is 16.5. The number of rotatable bonds is 10. The van der Waals surface area contributed by atoms with Crippen LogP contribution >= 0.6 is 0 Å². The Morgan fingerprint density at radius 1 is 1.37 bits per heavy atom. The second kappa shape index (κ2) is 8.74. The van der Waals surface area contributed by atoms with E-state index in [0.717, 1.165) is 18.9 Å². The van der Waals surface area contributed by atoms with Gasteiger partial charge in [-0.25, -0.2) is 4.79 Å². The number of urea groups is 1. The van der Waals surface area contributed by atoms with Crippen molar-refractivity contribution >= 4 is 12.0 Å². The summed E-state index contributed by atoms with van der Waals surface area (Å²) in [6.45, 7) is 4.26. The van der Waals surface area contributed by atoms with Gasteiger partial charge in [-0.15, -0.1) is 0 Å². The summed E-state index contributed by atoms with van der Waals surface area (Å²) in [5, 5.41) is 13.9. The number of nitrogens with one attached hydrogen (secondary N) is 2. The molecule has 0 heterocycles. The lowest BCUT2D eigenvalue weighted by Gasteiger charge is -2.11. The van der Waals surface area contributed by atoms with Crippen molar-refractivity contribution in [2.24, 2.45) is 11.8 Å². The molecule has 6 nitrogen and oxygen atoms in total. The zero-order valence-electron chi connectivity index (χ0n) is 11.5. The molecule has 110 valence electrons. The molecule has 19 heavy (non-hydrogen) atoms. The van der Waals surface area contributed by atoms with Crippen molar-refractivity contribution in [1.82, 2.24) is 10.6 Å². The number of amides is 2. The van der Waals surface area contributed by atoms with Crippen LogP contribution in [0, 0.1) is 11.8 Å². The fraction of sp³-hybridized carbons (Fsp3) is 0.846. The minimum absolute atomic E-state index is 0.0647. The van der Waals surface area contributed by atoms with Crippen LogP contribution in [0.25, 0.3) is 0 Å². The largest absolute Gasteiger partial charge is 0.481 e. The second-order valence-corrected chi connectivity index (χ2v) is 5.21. The fourth-order valence-corrected chi connectivity index (χ4v) is 1.61. The van der Waals surface area contributed by atoms with Crippen molar-refractivity contribution in [2.45, 2.75) is 32.6 Å². The van der Waals surface area contributed by atoms with Gasteiger partial charge in [0, 0.05) is 32.7 Å². The molecule has 1 unspecified atom stereocenters. The molecule has 1 aliphatic carbocycles. The van der Waals surface area contributed by atoms with Gasteiger partial charge >= 0.3 is 12.0 Å². The van der Waals surface area contributed by atoms with Crippen LogP contribution in [0.5, 0.6) is 0 Å². The summed E-state index contributed by atoms with van der Waals surface area (Å²) >= 11 is 0. The quantitative estimate of drug-likeness (QED) is 0.522. The van der Waals surface area contributed by atoms with Crippen LogP contribution in [0.15, 0.2) is 0 Å². The lowest BCUT2D eigenvalue weighted by molar-refractivity contribution is -0.137. The summed E-state index contributed by atoms with van der Waals surface area (Å²) in [6, 6.07) is -0.251. The highest BCUT2D eigenvalue weighted by Gasteiger charge is 2.20. The third-order valence-electron chi connectivity index (χ3n) is 2.94. The van der Waals surface area contributed by atoms with Crippen molar-refractivity contribution in [3.8, 4) is 0 Å². The number of hydrogen-bond acceptors (Lipinski definition) is 3. The van der Waals surface area contributed by atoms with E-state index in [1.54, 1.807) is 6.92 Å². The molecule has 0 bridgehead atoms. The lowest BCUT2D eigenvalue weighted by Crippen LogP contribution is -2.38. The molecule has 1 atom stereocenters. The van der Waals surface area contributed by atoms with E-state index in [4.69, 9.17) is 9.84 Å². The molecule has 1 fully saturated rings. The summed E-state index contributed by atoms with van der Waals surface area (Å²) in [5.41, 5.74) is 0. The Morgan fingerprint density at radius 2 is 2.11 bits per heavy atom. The number of aliphatic carboxylic acids is 1. The first kappa shape index (κ1) is 15.8. The molecule has 0 aromatic heterocycles. The molecule has 3 N–H and O–H groups in total. The van der Waals surface area contributed by atoms with Gasteiger partial charge in [-0.05, 0) is 31.1 Å². The fourth-order valence-electron chi connectivity index (χ4n) is 1.61. The molecule has 6 heteroatoms. The smallest absolute Gasteiger partial charge is 0.314 e. The molecule has 0 spiro atoms. The standard InChI is InChI=1S/C13H24N2O4/c1-10(7-12(16)17)8-15-13(18)14-5-2-6-19-9-11-3-4-11/h10-11H,2-9H2,1H3,(H,16,17)(H2,14,15,18). The van der Waals surface area contributed by atoms with E-state index in [1.165, 1.54) is 12.8 Å². The number of hydrogen-bond donors (Lipinski definition) is 3. The Balaban J connectivity index is 1.87. The zero-order valence-corrected chi connectivity index (χ0v) is 11.5. The maximum absolute atomic E-state index is 11.4. The summed E-state index contributed by atoms with van der Waals surface area (Å²) in [6.07, 6.45) is 3.43. The first-order chi connectivity index (χ1) is 9.08. The molecular formula is C13H24N2O4. The molecule has 0 aromatic carbocycles. The van der Waals surface area contributed by atoms with Crippen molar-refractivity contribution in [3.05, 3.63) is 0 Å². The number of ether oxygens (including phenoxy) is 1. The molecule has 0 aliphatic heterocycles. The second-order valence-electron chi connectivity index (χ2n) is 5.21. The maximum Gasteiger partial charge on any atom is 0.314 e. The van der Waals surface area contributed by atoms with Crippen LogP contribution in [-0.2, 0) is 9.53 Å². The lowest BCUT2D eigenvalue weighted by atomic mass is 10.1. The van der Waals surface area contributed by atoms with Crippen LogP contribution in [0.4, 0.5) is 4.79 Å². The van der Waals surface area contributed by atoms with Gasteiger partial charge in [0.25, 0.3) is 0 Å².